The van der Waals surface area contributed by atoms with Gasteiger partial charge in [-0.3, -0.25) is 4.79 Å². The minimum Gasteiger partial charge on any atom is -0.351 e. The maximum absolute atomic E-state index is 11.7. The second kappa shape index (κ2) is 5.76. The van der Waals surface area contributed by atoms with Crippen LogP contribution in [0.3, 0.4) is 0 Å². The van der Waals surface area contributed by atoms with E-state index in [9.17, 15) is 13.2 Å². The Morgan fingerprint density at radius 2 is 2.00 bits per heavy atom. The quantitative estimate of drug-likeness (QED) is 0.714. The predicted molar refractivity (Wildman–Crippen MR) is 73.2 cm³/mol. The Hall–Kier alpha value is -0.660. The van der Waals surface area contributed by atoms with Crippen molar-refractivity contribution in [2.45, 2.75) is 25.3 Å². The summed E-state index contributed by atoms with van der Waals surface area (Å²) in [5, 5.41) is 2.83. The topological polar surface area (TPSA) is 69.7 Å². The minimum absolute atomic E-state index is 0.101. The Morgan fingerprint density at radius 3 is 2.58 bits per heavy atom. The van der Waals surface area contributed by atoms with E-state index in [-0.39, 0.29) is 6.04 Å². The summed E-state index contributed by atoms with van der Waals surface area (Å²) in [7, 11) is -0.574. The van der Waals surface area contributed by atoms with Crippen molar-refractivity contribution >= 4 is 15.9 Å². The molecular weight excluding hydrogens is 266 g/mol. The van der Waals surface area contributed by atoms with E-state index in [2.05, 4.69) is 10.2 Å². The van der Waals surface area contributed by atoms with Gasteiger partial charge >= 0.3 is 0 Å². The Morgan fingerprint density at radius 1 is 1.32 bits per heavy atom. The smallest absolute Gasteiger partial charge is 0.236 e. The maximum atomic E-state index is 11.7. The first-order valence-electron chi connectivity index (χ1n) is 6.79. The van der Waals surface area contributed by atoms with E-state index in [1.165, 1.54) is 26.9 Å². The van der Waals surface area contributed by atoms with E-state index in [0.717, 1.165) is 36.3 Å². The normalized spacial score (nSPS) is 24.9. The molecule has 1 aliphatic carbocycles. The lowest BCUT2D eigenvalue weighted by atomic mass is 10.2. The molecule has 0 radical (unpaired) electrons. The van der Waals surface area contributed by atoms with Crippen molar-refractivity contribution in [2.24, 2.45) is 5.92 Å². The fourth-order valence-corrected chi connectivity index (χ4v) is 3.02. The van der Waals surface area contributed by atoms with Gasteiger partial charge in [-0.15, -0.1) is 0 Å². The highest BCUT2D eigenvalue weighted by molar-refractivity contribution is 7.89. The average Bonchev–Trinajstić information content (AvgIpc) is 2.98. The number of carbonyl (C=O) groups is 1. The van der Waals surface area contributed by atoms with Gasteiger partial charge in [0, 0.05) is 39.8 Å². The summed E-state index contributed by atoms with van der Waals surface area (Å²) in [6.07, 6.45) is 3.57. The van der Waals surface area contributed by atoms with E-state index < -0.39 is 21.7 Å². The number of carbonyl (C=O) groups excluding carboxylic acids is 1. The van der Waals surface area contributed by atoms with Gasteiger partial charge in [-0.25, -0.2) is 12.7 Å². The van der Waals surface area contributed by atoms with Crippen molar-refractivity contribution in [2.75, 3.05) is 39.5 Å². The second-order valence-corrected chi connectivity index (χ2v) is 7.98. The van der Waals surface area contributed by atoms with Crippen molar-refractivity contribution in [1.82, 2.24) is 14.5 Å². The van der Waals surface area contributed by atoms with Gasteiger partial charge in [-0.2, -0.15) is 0 Å². The predicted octanol–water partition coefficient (Wildman–Crippen LogP) is -0.522. The van der Waals surface area contributed by atoms with Crippen LogP contribution < -0.4 is 5.32 Å². The number of hydrogen-bond donors (Lipinski definition) is 1. The number of sulfonamides is 1. The van der Waals surface area contributed by atoms with E-state index in [1.807, 2.05) is 0 Å². The monoisotopic (exact) mass is 289 g/mol. The van der Waals surface area contributed by atoms with Crippen LogP contribution in [0, 0.1) is 5.92 Å². The first kappa shape index (κ1) is 14.7. The fourth-order valence-electron chi connectivity index (χ4n) is 2.35. The third-order valence-corrected chi connectivity index (χ3v) is 5.46. The van der Waals surface area contributed by atoms with Gasteiger partial charge < -0.3 is 10.2 Å². The molecule has 1 N–H and O–H groups in total. The molecule has 1 atom stereocenters. The molecule has 110 valence electrons. The highest BCUT2D eigenvalue weighted by Crippen LogP contribution is 2.30. The van der Waals surface area contributed by atoms with Gasteiger partial charge in [0.1, 0.15) is 5.75 Å². The Kier molecular flexibility index (Phi) is 4.47. The van der Waals surface area contributed by atoms with Gasteiger partial charge in [-0.1, -0.05) is 0 Å². The minimum atomic E-state index is -3.45. The molecule has 2 aliphatic rings. The largest absolute Gasteiger partial charge is 0.351 e. The lowest BCUT2D eigenvalue weighted by molar-refractivity contribution is -0.119. The third kappa shape index (κ3) is 4.43. The highest BCUT2D eigenvalue weighted by atomic mass is 32.2. The summed E-state index contributed by atoms with van der Waals surface area (Å²) in [5.74, 6) is -0.00500. The SMILES string of the molecule is CN(C)S(=O)(=O)CC(=O)NC1CCN(CC2CC2)C1. The van der Waals surface area contributed by atoms with Gasteiger partial charge in [0.25, 0.3) is 0 Å². The van der Waals surface area contributed by atoms with Crippen LogP contribution in [-0.4, -0.2) is 69.1 Å². The van der Waals surface area contributed by atoms with Crippen molar-refractivity contribution in [1.29, 1.82) is 0 Å². The van der Waals surface area contributed by atoms with Gasteiger partial charge in [0.15, 0.2) is 0 Å². The zero-order valence-electron chi connectivity index (χ0n) is 11.6. The molecule has 0 aromatic carbocycles. The first-order chi connectivity index (χ1) is 8.87. The molecule has 1 amide bonds. The molecule has 1 saturated heterocycles. The number of nitrogens with one attached hydrogen (secondary N) is 1. The third-order valence-electron chi connectivity index (χ3n) is 3.72. The fraction of sp³-hybridized carbons (Fsp3) is 0.917. The Balaban J connectivity index is 1.74. The van der Waals surface area contributed by atoms with E-state index in [4.69, 9.17) is 0 Å². The van der Waals surface area contributed by atoms with Crippen LogP contribution in [0.25, 0.3) is 0 Å². The highest BCUT2D eigenvalue weighted by Gasteiger charge is 2.30. The molecule has 2 fully saturated rings. The number of hydrogen-bond acceptors (Lipinski definition) is 4. The van der Waals surface area contributed by atoms with Crippen molar-refractivity contribution in [3.8, 4) is 0 Å². The van der Waals surface area contributed by atoms with E-state index in [0.29, 0.717) is 0 Å². The summed E-state index contributed by atoms with van der Waals surface area (Å²) in [4.78, 5) is 14.1. The Labute approximate surface area is 115 Å². The molecule has 0 aromatic heterocycles. The molecule has 0 bridgehead atoms. The van der Waals surface area contributed by atoms with Crippen LogP contribution in [0.4, 0.5) is 0 Å². The maximum Gasteiger partial charge on any atom is 0.236 e. The number of likely N-dealkylation sites (tertiary alicyclic amines) is 1. The summed E-state index contributed by atoms with van der Waals surface area (Å²) in [6, 6.07) is 0.101. The standard InChI is InChI=1S/C12H23N3O3S/c1-14(2)19(17,18)9-12(16)13-11-5-6-15(8-11)7-10-3-4-10/h10-11H,3-9H2,1-2H3,(H,13,16). The van der Waals surface area contributed by atoms with Crippen LogP contribution in [-0.2, 0) is 14.8 Å². The molecule has 6 nitrogen and oxygen atoms in total. The van der Waals surface area contributed by atoms with Crippen LogP contribution in [0.15, 0.2) is 0 Å². The van der Waals surface area contributed by atoms with Gasteiger partial charge in [0.05, 0.1) is 0 Å². The molecule has 2 rings (SSSR count). The molecule has 1 saturated carbocycles. The Bertz CT molecular complexity index is 432. The van der Waals surface area contributed by atoms with Crippen LogP contribution in [0.1, 0.15) is 19.3 Å². The summed E-state index contributed by atoms with van der Waals surface area (Å²) < 4.78 is 24.3. The average molecular weight is 289 g/mol. The van der Waals surface area contributed by atoms with Crippen LogP contribution >= 0.6 is 0 Å². The molecule has 1 aliphatic heterocycles. The number of rotatable bonds is 6. The number of nitrogens with zero attached hydrogens (tertiary/aromatic N) is 2. The van der Waals surface area contributed by atoms with Crippen molar-refractivity contribution in [3.05, 3.63) is 0 Å². The van der Waals surface area contributed by atoms with Crippen molar-refractivity contribution in [3.63, 3.8) is 0 Å². The molecule has 19 heavy (non-hydrogen) atoms. The zero-order valence-corrected chi connectivity index (χ0v) is 12.4. The molecule has 1 unspecified atom stereocenters. The van der Waals surface area contributed by atoms with E-state index in [1.54, 1.807) is 0 Å². The molecule has 0 spiro atoms. The second-order valence-electron chi connectivity index (χ2n) is 5.79. The molecule has 7 heteroatoms. The van der Waals surface area contributed by atoms with Gasteiger partial charge in [0.2, 0.25) is 15.9 Å². The van der Waals surface area contributed by atoms with Crippen LogP contribution in [0.5, 0.6) is 0 Å². The summed E-state index contributed by atoms with van der Waals surface area (Å²) in [5.41, 5.74) is 0. The van der Waals surface area contributed by atoms with Gasteiger partial charge in [-0.05, 0) is 25.2 Å². The van der Waals surface area contributed by atoms with E-state index >= 15 is 0 Å². The molecule has 0 aromatic rings. The summed E-state index contributed by atoms with van der Waals surface area (Å²) in [6.45, 7) is 2.98. The van der Waals surface area contributed by atoms with Crippen molar-refractivity contribution < 1.29 is 13.2 Å². The molecule has 1 heterocycles. The first-order valence-corrected chi connectivity index (χ1v) is 8.39. The van der Waals surface area contributed by atoms with Crippen LogP contribution in [0.2, 0.25) is 0 Å². The lowest BCUT2D eigenvalue weighted by Crippen LogP contribution is -2.42. The zero-order chi connectivity index (χ0) is 14.0. The molecular formula is C12H23N3O3S. The lowest BCUT2D eigenvalue weighted by Gasteiger charge is -2.17. The summed E-state index contributed by atoms with van der Waals surface area (Å²) >= 11 is 0. The number of amides is 1.